The Labute approximate surface area is 181 Å². The molecule has 0 unspecified atom stereocenters. The maximum Gasteiger partial charge on any atom is 0.142 e. The largest absolute Gasteiger partial charge is 0.493 e. The lowest BCUT2D eigenvalue weighted by atomic mass is 10.0. The van der Waals surface area contributed by atoms with Gasteiger partial charge in [-0.2, -0.15) is 0 Å². The fraction of sp³-hybridized carbons (Fsp3) is 0.238. The molecule has 0 spiro atoms. The summed E-state index contributed by atoms with van der Waals surface area (Å²) in [4.78, 5) is 19.3. The maximum absolute atomic E-state index is 9.06. The first kappa shape index (κ1) is 20.7. The van der Waals surface area contributed by atoms with Crippen molar-refractivity contribution in [3.05, 3.63) is 48.7 Å². The van der Waals surface area contributed by atoms with E-state index in [1.807, 2.05) is 13.0 Å². The summed E-state index contributed by atoms with van der Waals surface area (Å²) in [5.41, 5.74) is 6.02. The van der Waals surface area contributed by atoms with E-state index in [4.69, 9.17) is 9.53 Å². The van der Waals surface area contributed by atoms with E-state index >= 15 is 0 Å². The molecule has 3 aromatic rings. The number of benzene rings is 1. The van der Waals surface area contributed by atoms with Crippen LogP contribution in [0.4, 0.5) is 5.69 Å². The molecular weight excluding hydrogens is 485 g/mol. The van der Waals surface area contributed by atoms with E-state index < -0.39 is 0 Å². The Bertz CT molecular complexity index is 997. The molecule has 0 saturated carbocycles. The fourth-order valence-electron chi connectivity index (χ4n) is 3.37. The second kappa shape index (κ2) is 9.47. The molecule has 1 N–H and O–H groups in total. The van der Waals surface area contributed by atoms with Crippen LogP contribution >= 0.6 is 30.1 Å². The number of H-pyrrole nitrogens is 1. The summed E-state index contributed by atoms with van der Waals surface area (Å²) in [6.07, 6.45) is 4.76. The highest BCUT2D eigenvalue weighted by atomic mass is 127. The summed E-state index contributed by atoms with van der Waals surface area (Å²) in [7, 11) is 3.84. The lowest BCUT2D eigenvalue weighted by Crippen LogP contribution is -2.12. The highest BCUT2D eigenvalue weighted by molar-refractivity contribution is 14.2. The van der Waals surface area contributed by atoms with Crippen LogP contribution < -0.4 is 9.64 Å². The van der Waals surface area contributed by atoms with Gasteiger partial charge in [-0.05, 0) is 51.6 Å². The van der Waals surface area contributed by atoms with E-state index in [-0.39, 0.29) is 0 Å². The van der Waals surface area contributed by atoms with Crippen molar-refractivity contribution < 1.29 is 9.53 Å². The van der Waals surface area contributed by atoms with Gasteiger partial charge in [0.1, 0.15) is 17.7 Å². The zero-order chi connectivity index (χ0) is 20.1. The zero-order valence-corrected chi connectivity index (χ0v) is 18.8. The quantitative estimate of drug-likeness (QED) is 0.284. The molecule has 5 nitrogen and oxygen atoms in total. The third-order valence-electron chi connectivity index (χ3n) is 4.60. The van der Waals surface area contributed by atoms with Crippen molar-refractivity contribution in [1.82, 2.24) is 9.97 Å². The van der Waals surface area contributed by atoms with E-state index in [0.29, 0.717) is 12.9 Å². The number of aromatic nitrogens is 2. The number of aromatic amines is 1. The highest BCUT2D eigenvalue weighted by Gasteiger charge is 2.21. The molecule has 0 atom stereocenters. The second-order valence-electron chi connectivity index (χ2n) is 6.26. The number of rotatable bonds is 5. The summed E-state index contributed by atoms with van der Waals surface area (Å²) in [6.45, 7) is 6.85. The monoisotopic (exact) mass is 507 g/mol. The van der Waals surface area contributed by atoms with E-state index in [1.54, 1.807) is 15.1 Å². The van der Waals surface area contributed by atoms with Crippen LogP contribution in [0.25, 0.3) is 22.2 Å². The molecule has 1 aliphatic heterocycles. The standard InChI is InChI=1S/C18H18IN3OS.C3H4O/c1-3-23-14-6-8-20-17-16(14)15(18(21-17)24-19)12-5-4-11-7-9-22(2)13(11)10-12;1-2-3-4/h4-6,8,10H,3,7,9H2,1-2H3,(H,20,21);2-3H,1H2. The number of anilines is 1. The van der Waals surface area contributed by atoms with Crippen LogP contribution in [-0.2, 0) is 11.2 Å². The van der Waals surface area contributed by atoms with Gasteiger partial charge in [0.15, 0.2) is 0 Å². The van der Waals surface area contributed by atoms with Gasteiger partial charge in [-0.15, -0.1) is 0 Å². The Morgan fingerprint density at radius 1 is 1.43 bits per heavy atom. The van der Waals surface area contributed by atoms with Gasteiger partial charge in [-0.25, -0.2) is 4.98 Å². The predicted molar refractivity (Wildman–Crippen MR) is 126 cm³/mol. The Morgan fingerprint density at radius 2 is 2.21 bits per heavy atom. The van der Waals surface area contributed by atoms with Gasteiger partial charge in [-0.3, -0.25) is 4.79 Å². The lowest BCUT2D eigenvalue weighted by molar-refractivity contribution is -0.104. The number of ether oxygens (including phenoxy) is 1. The summed E-state index contributed by atoms with van der Waals surface area (Å²) >= 11 is 2.32. The molecule has 0 amide bonds. The van der Waals surface area contributed by atoms with Gasteiger partial charge in [0.25, 0.3) is 0 Å². The van der Waals surface area contributed by atoms with Crippen molar-refractivity contribution >= 4 is 53.1 Å². The van der Waals surface area contributed by atoms with Gasteiger partial charge < -0.3 is 14.6 Å². The molecule has 146 valence electrons. The Morgan fingerprint density at radius 3 is 2.89 bits per heavy atom. The van der Waals surface area contributed by atoms with Crippen LogP contribution in [0.1, 0.15) is 12.5 Å². The maximum atomic E-state index is 9.06. The van der Waals surface area contributed by atoms with Crippen LogP contribution in [-0.4, -0.2) is 36.5 Å². The normalized spacial score (nSPS) is 12.3. The van der Waals surface area contributed by atoms with Gasteiger partial charge >= 0.3 is 0 Å². The molecule has 0 fully saturated rings. The number of allylic oxidation sites excluding steroid dienone is 1. The van der Waals surface area contributed by atoms with Crippen LogP contribution in [0.15, 0.2) is 48.1 Å². The summed E-state index contributed by atoms with van der Waals surface area (Å²) in [5.74, 6) is 0.888. The summed E-state index contributed by atoms with van der Waals surface area (Å²) in [5, 5.41) is 2.19. The molecule has 0 saturated heterocycles. The van der Waals surface area contributed by atoms with Gasteiger partial charge in [0.2, 0.25) is 0 Å². The molecule has 4 rings (SSSR count). The van der Waals surface area contributed by atoms with Crippen molar-refractivity contribution in [2.45, 2.75) is 18.4 Å². The first-order chi connectivity index (χ1) is 13.6. The minimum absolute atomic E-state index is 0.639. The average molecular weight is 507 g/mol. The molecule has 0 bridgehead atoms. The minimum atomic E-state index is 0.639. The molecule has 1 aliphatic rings. The van der Waals surface area contributed by atoms with Crippen molar-refractivity contribution in [3.63, 3.8) is 0 Å². The van der Waals surface area contributed by atoms with Gasteiger partial charge in [-0.1, -0.05) is 18.7 Å². The third kappa shape index (κ3) is 4.05. The molecule has 28 heavy (non-hydrogen) atoms. The first-order valence-electron chi connectivity index (χ1n) is 8.97. The Kier molecular flexibility index (Phi) is 7.01. The summed E-state index contributed by atoms with van der Waals surface area (Å²) in [6, 6.07) is 8.72. The van der Waals surface area contributed by atoms with Crippen LogP contribution in [0, 0.1) is 0 Å². The topological polar surface area (TPSA) is 58.2 Å². The fourth-order valence-corrected chi connectivity index (χ4v) is 4.79. The number of nitrogens with one attached hydrogen (secondary N) is 1. The molecule has 0 radical (unpaired) electrons. The number of aldehydes is 1. The molecule has 1 aromatic carbocycles. The Balaban J connectivity index is 0.000000516. The van der Waals surface area contributed by atoms with Gasteiger partial charge in [0.05, 0.1) is 17.0 Å². The van der Waals surface area contributed by atoms with Crippen molar-refractivity contribution in [2.24, 2.45) is 0 Å². The Hall–Kier alpha value is -2.00. The molecule has 2 aromatic heterocycles. The number of pyridine rings is 1. The van der Waals surface area contributed by atoms with Crippen molar-refractivity contribution in [1.29, 1.82) is 0 Å². The molecule has 0 aliphatic carbocycles. The predicted octanol–water partition coefficient (Wildman–Crippen LogP) is 5.43. The van der Waals surface area contributed by atoms with E-state index in [2.05, 4.69) is 67.9 Å². The zero-order valence-electron chi connectivity index (χ0n) is 15.9. The number of likely N-dealkylation sites (N-methyl/N-ethyl adjacent to an activating group) is 1. The van der Waals surface area contributed by atoms with E-state index in [0.717, 1.165) is 34.8 Å². The van der Waals surface area contributed by atoms with Crippen LogP contribution in [0.2, 0.25) is 0 Å². The van der Waals surface area contributed by atoms with Crippen LogP contribution in [0.5, 0.6) is 5.75 Å². The van der Waals surface area contributed by atoms with E-state index in [9.17, 15) is 0 Å². The third-order valence-corrected chi connectivity index (χ3v) is 6.38. The average Bonchev–Trinajstić information content (AvgIpc) is 3.29. The van der Waals surface area contributed by atoms with Crippen molar-refractivity contribution in [3.8, 4) is 16.9 Å². The number of carbonyl (C=O) groups is 1. The number of fused-ring (bicyclic) bond motifs is 2. The van der Waals surface area contributed by atoms with Crippen LogP contribution in [0.3, 0.4) is 0 Å². The van der Waals surface area contributed by atoms with Crippen molar-refractivity contribution in [2.75, 3.05) is 25.1 Å². The van der Waals surface area contributed by atoms with Gasteiger partial charge in [0, 0.05) is 52.2 Å². The number of hydrogen-bond acceptors (Lipinski definition) is 5. The number of carbonyl (C=O) groups excluding carboxylic acids is 1. The highest BCUT2D eigenvalue weighted by Crippen LogP contribution is 2.44. The summed E-state index contributed by atoms with van der Waals surface area (Å²) < 4.78 is 5.87. The smallest absolute Gasteiger partial charge is 0.142 e. The first-order valence-corrected chi connectivity index (χ1v) is 12.3. The minimum Gasteiger partial charge on any atom is -0.493 e. The number of hydrogen-bond donors (Lipinski definition) is 1. The molecule has 3 heterocycles. The molecule has 7 heteroatoms. The second-order valence-corrected chi connectivity index (χ2v) is 8.14. The SMILES string of the molecule is C=CC=O.CCOc1ccnc2[nH]c(SI)c(-c3ccc4c(c3)N(C)CC4)c12. The number of halogens is 1. The molecular formula is C21H22IN3O2S. The van der Waals surface area contributed by atoms with E-state index in [1.165, 1.54) is 28.5 Å². The number of nitrogens with zero attached hydrogens (tertiary/aromatic N) is 2. The lowest BCUT2D eigenvalue weighted by Gasteiger charge is -2.14.